The average Bonchev–Trinajstić information content (AvgIpc) is 3.33. The van der Waals surface area contributed by atoms with Gasteiger partial charge in [-0.1, -0.05) is 289 Å². The first-order valence-electron chi connectivity index (χ1n) is 30.4. The Morgan fingerprint density at radius 2 is 0.701 bits per heavy atom. The van der Waals surface area contributed by atoms with Gasteiger partial charge in [0, 0.05) is 12.8 Å². The minimum Gasteiger partial charge on any atom is -0.466 e. The molecule has 2 unspecified atom stereocenters. The van der Waals surface area contributed by atoms with Crippen molar-refractivity contribution in [1.82, 2.24) is 5.32 Å². The molecule has 2 atom stereocenters. The number of hydrogen-bond acceptors (Lipinski definition) is 5. The van der Waals surface area contributed by atoms with Crippen LogP contribution in [0.25, 0.3) is 0 Å². The Morgan fingerprint density at radius 3 is 1.06 bits per heavy atom. The zero-order valence-electron chi connectivity index (χ0n) is 45.4. The van der Waals surface area contributed by atoms with Crippen LogP contribution in [0.2, 0.25) is 0 Å². The second-order valence-corrected chi connectivity index (χ2v) is 21.0. The number of nitrogens with one attached hydrogen (secondary N) is 1. The lowest BCUT2D eigenvalue weighted by Crippen LogP contribution is -2.45. The molecule has 0 fully saturated rings. The molecular weight excluding hydrogens is 827 g/mol. The van der Waals surface area contributed by atoms with Crippen molar-refractivity contribution in [1.29, 1.82) is 0 Å². The van der Waals surface area contributed by atoms with Gasteiger partial charge in [0.1, 0.15) is 0 Å². The normalized spacial score (nSPS) is 12.6. The number of hydrogen-bond donors (Lipinski definition) is 3. The number of unbranched alkanes of at least 4 members (excludes halogenated alkanes) is 44. The van der Waals surface area contributed by atoms with Crippen LogP contribution in [0.1, 0.15) is 341 Å². The summed E-state index contributed by atoms with van der Waals surface area (Å²) in [6.07, 6.45) is 67.9. The first kappa shape index (κ1) is 65.6. The summed E-state index contributed by atoms with van der Waals surface area (Å²) in [5.41, 5.74) is 0. The molecular formula is C61H119NO5. The zero-order chi connectivity index (χ0) is 48.6. The highest BCUT2D eigenvalue weighted by atomic mass is 16.5. The van der Waals surface area contributed by atoms with Crippen molar-refractivity contribution in [3.8, 4) is 0 Å². The van der Waals surface area contributed by atoms with Gasteiger partial charge in [0.15, 0.2) is 0 Å². The van der Waals surface area contributed by atoms with Crippen molar-refractivity contribution >= 4 is 11.9 Å². The third kappa shape index (κ3) is 53.8. The van der Waals surface area contributed by atoms with E-state index in [4.69, 9.17) is 4.74 Å². The molecule has 0 aliphatic heterocycles. The molecule has 0 aromatic rings. The molecule has 6 nitrogen and oxygen atoms in total. The SMILES string of the molecule is CCCCCCCCCCCCCCC(=O)OCCCCCCCCCCCCCC/C=C\CCCCCCCCCCCCC(=O)NC(CO)C(O)CCCCCCCCCCCCCC. The Hall–Kier alpha value is -1.40. The van der Waals surface area contributed by atoms with E-state index in [-0.39, 0.29) is 18.5 Å². The van der Waals surface area contributed by atoms with Crippen LogP contribution in [0.3, 0.4) is 0 Å². The lowest BCUT2D eigenvalue weighted by Gasteiger charge is -2.22. The summed E-state index contributed by atoms with van der Waals surface area (Å²) >= 11 is 0. The van der Waals surface area contributed by atoms with Crippen molar-refractivity contribution in [2.24, 2.45) is 0 Å². The van der Waals surface area contributed by atoms with E-state index in [9.17, 15) is 19.8 Å². The highest BCUT2D eigenvalue weighted by molar-refractivity contribution is 5.76. The number of aliphatic hydroxyl groups is 2. The van der Waals surface area contributed by atoms with Crippen LogP contribution < -0.4 is 5.32 Å². The second kappa shape index (κ2) is 57.2. The predicted molar refractivity (Wildman–Crippen MR) is 292 cm³/mol. The van der Waals surface area contributed by atoms with Crippen LogP contribution in [0, 0.1) is 0 Å². The smallest absolute Gasteiger partial charge is 0.305 e. The number of allylic oxidation sites excluding steroid dienone is 2. The molecule has 0 saturated carbocycles. The first-order valence-corrected chi connectivity index (χ1v) is 30.4. The number of esters is 1. The highest BCUT2D eigenvalue weighted by Gasteiger charge is 2.20. The van der Waals surface area contributed by atoms with E-state index in [2.05, 4.69) is 31.3 Å². The molecule has 398 valence electrons. The monoisotopic (exact) mass is 946 g/mol. The minimum atomic E-state index is -0.663. The minimum absolute atomic E-state index is 0.0154. The number of carbonyl (C=O) groups is 2. The Kier molecular flexibility index (Phi) is 56.0. The van der Waals surface area contributed by atoms with Crippen molar-refractivity contribution in [2.75, 3.05) is 13.2 Å². The van der Waals surface area contributed by atoms with Gasteiger partial charge in [-0.05, 0) is 51.4 Å². The topological polar surface area (TPSA) is 95.9 Å². The van der Waals surface area contributed by atoms with Gasteiger partial charge in [-0.3, -0.25) is 9.59 Å². The van der Waals surface area contributed by atoms with Crippen molar-refractivity contribution in [3.05, 3.63) is 12.2 Å². The van der Waals surface area contributed by atoms with Gasteiger partial charge in [0.25, 0.3) is 0 Å². The van der Waals surface area contributed by atoms with Gasteiger partial charge in [0.05, 0.1) is 25.4 Å². The highest BCUT2D eigenvalue weighted by Crippen LogP contribution is 2.18. The molecule has 0 spiro atoms. The summed E-state index contributed by atoms with van der Waals surface area (Å²) in [5.74, 6) is -0.0204. The molecule has 67 heavy (non-hydrogen) atoms. The number of rotatable bonds is 57. The van der Waals surface area contributed by atoms with Crippen molar-refractivity contribution < 1.29 is 24.5 Å². The maximum atomic E-state index is 12.5. The quantitative estimate of drug-likeness (QED) is 0.0321. The summed E-state index contributed by atoms with van der Waals surface area (Å²) in [6, 6.07) is -0.541. The number of carbonyl (C=O) groups excluding carboxylic acids is 2. The molecule has 0 radical (unpaired) electrons. The van der Waals surface area contributed by atoms with Gasteiger partial charge in [-0.25, -0.2) is 0 Å². The summed E-state index contributed by atoms with van der Waals surface area (Å²) in [7, 11) is 0. The molecule has 1 amide bonds. The van der Waals surface area contributed by atoms with Crippen LogP contribution in [0.4, 0.5) is 0 Å². The summed E-state index contributed by atoms with van der Waals surface area (Å²) < 4.78 is 5.47. The number of aliphatic hydroxyl groups excluding tert-OH is 2. The standard InChI is InChI=1S/C61H119NO5/c1-3-5-7-9-11-13-15-33-37-41-45-49-53-59(64)58(57-63)62-60(65)54-50-46-42-38-34-31-29-27-25-23-21-19-17-18-20-22-24-26-28-30-32-36-40-44-48-52-56-67-61(66)55-51-47-43-39-35-16-14-12-10-8-6-4-2/h17,19,58-59,63-64H,3-16,18,20-57H2,1-2H3,(H,62,65)/b19-17-. The fraction of sp³-hybridized carbons (Fsp3) is 0.934. The molecule has 0 aromatic heterocycles. The molecule has 3 N–H and O–H groups in total. The fourth-order valence-electron chi connectivity index (χ4n) is 9.64. The van der Waals surface area contributed by atoms with E-state index >= 15 is 0 Å². The van der Waals surface area contributed by atoms with Crippen LogP contribution in [0.15, 0.2) is 12.2 Å². The van der Waals surface area contributed by atoms with E-state index in [0.717, 1.165) is 38.5 Å². The molecule has 0 aromatic carbocycles. The Labute approximate surface area is 419 Å². The van der Waals surface area contributed by atoms with Crippen molar-refractivity contribution in [2.45, 2.75) is 353 Å². The molecule has 0 saturated heterocycles. The molecule has 0 aliphatic rings. The van der Waals surface area contributed by atoms with E-state index in [1.165, 1.54) is 270 Å². The zero-order valence-corrected chi connectivity index (χ0v) is 45.4. The van der Waals surface area contributed by atoms with E-state index in [0.29, 0.717) is 25.9 Å². The van der Waals surface area contributed by atoms with Crippen LogP contribution in [0.5, 0.6) is 0 Å². The third-order valence-electron chi connectivity index (χ3n) is 14.3. The molecule has 0 bridgehead atoms. The van der Waals surface area contributed by atoms with Gasteiger partial charge < -0.3 is 20.3 Å². The first-order chi connectivity index (χ1) is 33.0. The maximum Gasteiger partial charge on any atom is 0.305 e. The van der Waals surface area contributed by atoms with Crippen LogP contribution >= 0.6 is 0 Å². The Bertz CT molecular complexity index is 1000. The number of ether oxygens (including phenoxy) is 1. The molecule has 0 rings (SSSR count). The van der Waals surface area contributed by atoms with Gasteiger partial charge in [-0.15, -0.1) is 0 Å². The van der Waals surface area contributed by atoms with E-state index < -0.39 is 12.1 Å². The van der Waals surface area contributed by atoms with Gasteiger partial charge >= 0.3 is 5.97 Å². The van der Waals surface area contributed by atoms with E-state index in [1.807, 2.05) is 0 Å². The summed E-state index contributed by atoms with van der Waals surface area (Å²) in [5, 5.41) is 23.2. The maximum absolute atomic E-state index is 12.5. The average molecular weight is 947 g/mol. The van der Waals surface area contributed by atoms with E-state index in [1.54, 1.807) is 0 Å². The van der Waals surface area contributed by atoms with Gasteiger partial charge in [-0.2, -0.15) is 0 Å². The van der Waals surface area contributed by atoms with Crippen molar-refractivity contribution in [3.63, 3.8) is 0 Å². The Morgan fingerprint density at radius 1 is 0.403 bits per heavy atom. The Balaban J connectivity index is 3.37. The molecule has 0 aliphatic carbocycles. The largest absolute Gasteiger partial charge is 0.466 e. The molecule has 6 heteroatoms. The lowest BCUT2D eigenvalue weighted by atomic mass is 10.0. The lowest BCUT2D eigenvalue weighted by molar-refractivity contribution is -0.143. The summed E-state index contributed by atoms with van der Waals surface area (Å²) in [6.45, 7) is 4.96. The second-order valence-electron chi connectivity index (χ2n) is 21.0. The van der Waals surface area contributed by atoms with Gasteiger partial charge in [0.2, 0.25) is 5.91 Å². The van der Waals surface area contributed by atoms with Crippen LogP contribution in [-0.2, 0) is 14.3 Å². The number of amides is 1. The predicted octanol–water partition coefficient (Wildman–Crippen LogP) is 18.9. The fourth-order valence-corrected chi connectivity index (χ4v) is 9.64. The summed E-state index contributed by atoms with van der Waals surface area (Å²) in [4.78, 5) is 24.5. The van der Waals surface area contributed by atoms with Crippen LogP contribution in [-0.4, -0.2) is 47.4 Å². The molecule has 0 heterocycles. The third-order valence-corrected chi connectivity index (χ3v) is 14.3.